The van der Waals surface area contributed by atoms with Crippen molar-refractivity contribution in [3.63, 3.8) is 0 Å². The first-order chi connectivity index (χ1) is 8.57. The van der Waals surface area contributed by atoms with Gasteiger partial charge in [-0.1, -0.05) is 30.3 Å². The minimum atomic E-state index is -3.42. The van der Waals surface area contributed by atoms with Crippen molar-refractivity contribution in [3.05, 3.63) is 59.8 Å². The summed E-state index contributed by atoms with van der Waals surface area (Å²) >= 11 is 0. The number of sulfonamides is 1. The molecule has 1 heterocycles. The average molecular weight is 262 g/mol. The monoisotopic (exact) mass is 262 g/mol. The van der Waals surface area contributed by atoms with Crippen molar-refractivity contribution in [1.29, 1.82) is 0 Å². The van der Waals surface area contributed by atoms with Gasteiger partial charge in [-0.25, -0.2) is 13.4 Å². The maximum Gasteiger partial charge on any atom is 0.238 e. The van der Waals surface area contributed by atoms with E-state index in [-0.39, 0.29) is 5.75 Å². The van der Waals surface area contributed by atoms with E-state index in [1.807, 2.05) is 31.2 Å². The van der Waals surface area contributed by atoms with E-state index >= 15 is 0 Å². The molecule has 1 aromatic carbocycles. The fourth-order valence-electron chi connectivity index (χ4n) is 1.60. The smallest absolute Gasteiger partial charge is 0.238 e. The van der Waals surface area contributed by atoms with Gasteiger partial charge in [0.1, 0.15) is 5.82 Å². The van der Waals surface area contributed by atoms with Crippen LogP contribution in [0.5, 0.6) is 0 Å². The van der Waals surface area contributed by atoms with Crippen LogP contribution < -0.4 is 4.72 Å². The van der Waals surface area contributed by atoms with E-state index in [2.05, 4.69) is 9.71 Å². The van der Waals surface area contributed by atoms with Gasteiger partial charge in [-0.15, -0.1) is 0 Å². The summed E-state index contributed by atoms with van der Waals surface area (Å²) < 4.78 is 26.4. The summed E-state index contributed by atoms with van der Waals surface area (Å²) in [5, 5.41) is 0. The Morgan fingerprint density at radius 2 is 1.83 bits per heavy atom. The normalized spacial score (nSPS) is 11.2. The fourth-order valence-corrected chi connectivity index (χ4v) is 2.84. The molecule has 0 amide bonds. The first kappa shape index (κ1) is 12.6. The molecule has 94 valence electrons. The third kappa shape index (κ3) is 3.30. The van der Waals surface area contributed by atoms with Gasteiger partial charge in [0.15, 0.2) is 0 Å². The first-order valence-electron chi connectivity index (χ1n) is 5.53. The van der Waals surface area contributed by atoms with Crippen LogP contribution >= 0.6 is 0 Å². The number of aromatic nitrogens is 1. The molecular formula is C13H14N2O2S. The van der Waals surface area contributed by atoms with Crippen molar-refractivity contribution >= 4 is 15.8 Å². The van der Waals surface area contributed by atoms with Crippen molar-refractivity contribution in [2.75, 3.05) is 4.72 Å². The molecule has 18 heavy (non-hydrogen) atoms. The molecule has 0 aliphatic carbocycles. The zero-order valence-corrected chi connectivity index (χ0v) is 10.8. The van der Waals surface area contributed by atoms with E-state index in [1.165, 1.54) is 0 Å². The number of anilines is 1. The predicted molar refractivity (Wildman–Crippen MR) is 71.7 cm³/mol. The summed E-state index contributed by atoms with van der Waals surface area (Å²) in [6.45, 7) is 1.89. The van der Waals surface area contributed by atoms with Crippen molar-refractivity contribution in [2.45, 2.75) is 12.7 Å². The van der Waals surface area contributed by atoms with Crippen LogP contribution in [0.15, 0.2) is 48.7 Å². The third-order valence-electron chi connectivity index (χ3n) is 2.53. The number of aryl methyl sites for hydroxylation is 1. The van der Waals surface area contributed by atoms with Crippen LogP contribution in [-0.2, 0) is 15.8 Å². The Hall–Kier alpha value is -1.88. The molecule has 1 aromatic heterocycles. The van der Waals surface area contributed by atoms with E-state index in [1.54, 1.807) is 24.4 Å². The van der Waals surface area contributed by atoms with E-state index < -0.39 is 10.0 Å². The second-order valence-electron chi connectivity index (χ2n) is 4.00. The van der Waals surface area contributed by atoms with Gasteiger partial charge in [0.2, 0.25) is 10.0 Å². The molecule has 0 aliphatic heterocycles. The average Bonchev–Trinajstić information content (AvgIpc) is 2.32. The highest BCUT2D eigenvalue weighted by molar-refractivity contribution is 7.91. The van der Waals surface area contributed by atoms with Crippen LogP contribution in [0.4, 0.5) is 5.82 Å². The van der Waals surface area contributed by atoms with Gasteiger partial charge in [0, 0.05) is 6.20 Å². The molecule has 1 N–H and O–H groups in total. The van der Waals surface area contributed by atoms with E-state index in [4.69, 9.17) is 0 Å². The molecule has 0 aliphatic rings. The lowest BCUT2D eigenvalue weighted by Gasteiger charge is -2.08. The van der Waals surface area contributed by atoms with Crippen molar-refractivity contribution < 1.29 is 8.42 Å². The Labute approximate surface area is 107 Å². The largest absolute Gasteiger partial charge is 0.267 e. The maximum atomic E-state index is 12.0. The first-order valence-corrected chi connectivity index (χ1v) is 7.18. The van der Waals surface area contributed by atoms with Crippen molar-refractivity contribution in [2.24, 2.45) is 0 Å². The Bertz CT molecular complexity index is 624. The number of benzene rings is 1. The van der Waals surface area contributed by atoms with Crippen LogP contribution in [0, 0.1) is 6.92 Å². The Morgan fingerprint density at radius 3 is 2.50 bits per heavy atom. The Kier molecular flexibility index (Phi) is 3.62. The highest BCUT2D eigenvalue weighted by Crippen LogP contribution is 2.13. The van der Waals surface area contributed by atoms with E-state index in [0.29, 0.717) is 5.82 Å². The second-order valence-corrected chi connectivity index (χ2v) is 5.72. The lowest BCUT2D eigenvalue weighted by atomic mass is 10.1. The molecule has 0 bridgehead atoms. The van der Waals surface area contributed by atoms with Crippen LogP contribution in [0.2, 0.25) is 0 Å². The van der Waals surface area contributed by atoms with Crippen molar-refractivity contribution in [1.82, 2.24) is 4.98 Å². The lowest BCUT2D eigenvalue weighted by Crippen LogP contribution is -2.16. The van der Waals surface area contributed by atoms with Gasteiger partial charge >= 0.3 is 0 Å². The van der Waals surface area contributed by atoms with Gasteiger partial charge in [0.05, 0.1) is 5.75 Å². The number of hydrogen-bond donors (Lipinski definition) is 1. The van der Waals surface area contributed by atoms with Gasteiger partial charge in [-0.3, -0.25) is 4.72 Å². The van der Waals surface area contributed by atoms with E-state index in [9.17, 15) is 8.42 Å². The summed E-state index contributed by atoms with van der Waals surface area (Å²) in [6, 6.07) is 12.5. The van der Waals surface area contributed by atoms with Gasteiger partial charge < -0.3 is 0 Å². The molecule has 4 nitrogen and oxygen atoms in total. The zero-order chi connectivity index (χ0) is 13.0. The van der Waals surface area contributed by atoms with Crippen molar-refractivity contribution in [3.8, 4) is 0 Å². The highest BCUT2D eigenvalue weighted by Gasteiger charge is 2.13. The van der Waals surface area contributed by atoms with Crippen LogP contribution in [0.3, 0.4) is 0 Å². The topological polar surface area (TPSA) is 59.1 Å². The molecule has 0 unspecified atom stereocenters. The molecule has 5 heteroatoms. The second kappa shape index (κ2) is 5.18. The van der Waals surface area contributed by atoms with Gasteiger partial charge in [0.25, 0.3) is 0 Å². The Balaban J connectivity index is 2.16. The van der Waals surface area contributed by atoms with Crippen LogP contribution in [0.1, 0.15) is 11.1 Å². The number of nitrogens with one attached hydrogen (secondary N) is 1. The quantitative estimate of drug-likeness (QED) is 0.920. The fraction of sp³-hybridized carbons (Fsp3) is 0.154. The lowest BCUT2D eigenvalue weighted by molar-refractivity contribution is 0.600. The molecule has 0 atom stereocenters. The summed E-state index contributed by atoms with van der Waals surface area (Å²) in [6.07, 6.45) is 1.55. The molecule has 0 saturated heterocycles. The number of nitrogens with zero attached hydrogens (tertiary/aromatic N) is 1. The molecule has 2 aromatic rings. The summed E-state index contributed by atoms with van der Waals surface area (Å²) in [4.78, 5) is 3.94. The summed E-state index contributed by atoms with van der Waals surface area (Å²) in [5.41, 5.74) is 1.75. The molecule has 0 saturated carbocycles. The van der Waals surface area contributed by atoms with Crippen LogP contribution in [0.25, 0.3) is 0 Å². The minimum absolute atomic E-state index is 0.0454. The number of pyridine rings is 1. The highest BCUT2D eigenvalue weighted by atomic mass is 32.2. The minimum Gasteiger partial charge on any atom is -0.267 e. The molecule has 0 fully saturated rings. The number of hydrogen-bond acceptors (Lipinski definition) is 3. The molecule has 0 radical (unpaired) electrons. The molecular weight excluding hydrogens is 248 g/mol. The Morgan fingerprint density at radius 1 is 1.11 bits per heavy atom. The maximum absolute atomic E-state index is 12.0. The summed E-state index contributed by atoms with van der Waals surface area (Å²) in [7, 11) is -3.42. The third-order valence-corrected chi connectivity index (χ3v) is 3.74. The van der Waals surface area contributed by atoms with Crippen LogP contribution in [-0.4, -0.2) is 13.4 Å². The van der Waals surface area contributed by atoms with Gasteiger partial charge in [-0.05, 0) is 30.2 Å². The zero-order valence-electron chi connectivity index (χ0n) is 10.00. The molecule has 0 spiro atoms. The molecule has 2 rings (SSSR count). The van der Waals surface area contributed by atoms with Gasteiger partial charge in [-0.2, -0.15) is 0 Å². The predicted octanol–water partition coefficient (Wildman–Crippen LogP) is 2.33. The summed E-state index contributed by atoms with van der Waals surface area (Å²) in [5.74, 6) is 0.294. The number of rotatable bonds is 4. The standard InChI is InChI=1S/C13H14N2O2S/c1-11-6-2-3-7-12(11)10-18(16,17)15-13-8-4-5-9-14-13/h2-9H,10H2,1H3,(H,14,15). The SMILES string of the molecule is Cc1ccccc1CS(=O)(=O)Nc1ccccn1. The van der Waals surface area contributed by atoms with E-state index in [0.717, 1.165) is 11.1 Å².